The van der Waals surface area contributed by atoms with Crippen LogP contribution in [0.15, 0.2) is 48.5 Å². The summed E-state index contributed by atoms with van der Waals surface area (Å²) in [5, 5.41) is 19.7. The van der Waals surface area contributed by atoms with Crippen LogP contribution in [0, 0.1) is 11.3 Å². The first kappa shape index (κ1) is 32.1. The van der Waals surface area contributed by atoms with Crippen molar-refractivity contribution in [1.29, 1.82) is 0 Å². The summed E-state index contributed by atoms with van der Waals surface area (Å²) in [6.45, 7) is 13.1. The Kier molecular flexibility index (Phi) is 12.1. The highest BCUT2D eigenvalue weighted by Crippen LogP contribution is 2.38. The molecule has 3 atom stereocenters. The maximum Gasteiger partial charge on any atom is 0.229 e. The molecule has 1 saturated carbocycles. The largest absolute Gasteiger partial charge is 0.390 e. The van der Waals surface area contributed by atoms with Gasteiger partial charge in [0, 0.05) is 40.3 Å². The molecule has 2 amide bonds. The number of hydrogen-bond acceptors (Lipinski definition) is 4. The van der Waals surface area contributed by atoms with E-state index in [1.807, 2.05) is 44.2 Å². The van der Waals surface area contributed by atoms with Gasteiger partial charge in [0.05, 0.1) is 11.5 Å². The summed E-state index contributed by atoms with van der Waals surface area (Å²) in [6.07, 6.45) is 2.97. The van der Waals surface area contributed by atoms with Crippen molar-refractivity contribution in [2.75, 3.05) is 11.9 Å². The predicted octanol–water partition coefficient (Wildman–Crippen LogP) is 6.41. The molecule has 4 N–H and O–H groups in total. The molecule has 1 saturated heterocycles. The van der Waals surface area contributed by atoms with Gasteiger partial charge < -0.3 is 21.1 Å². The number of halogens is 2. The molecule has 1 aliphatic carbocycles. The molecule has 2 fully saturated rings. The molecule has 38 heavy (non-hydrogen) atoms. The summed E-state index contributed by atoms with van der Waals surface area (Å²) in [4.78, 5) is 23.1. The fourth-order valence-electron chi connectivity index (χ4n) is 5.11. The number of hydrogen-bond donors (Lipinski definition) is 4. The van der Waals surface area contributed by atoms with Crippen LogP contribution in [0.1, 0.15) is 72.3 Å². The Hall–Kier alpha value is -2.12. The maximum absolute atomic E-state index is 13.3. The van der Waals surface area contributed by atoms with Crippen molar-refractivity contribution < 1.29 is 14.7 Å². The van der Waals surface area contributed by atoms with Crippen molar-refractivity contribution in [3.05, 3.63) is 64.1 Å². The van der Waals surface area contributed by atoms with E-state index < -0.39 is 5.60 Å². The molecule has 3 unspecified atom stereocenters. The van der Waals surface area contributed by atoms with Gasteiger partial charge in [-0.1, -0.05) is 76.0 Å². The summed E-state index contributed by atoms with van der Waals surface area (Å²) >= 11 is 12.3. The number of benzene rings is 2. The van der Waals surface area contributed by atoms with Crippen LogP contribution in [0.2, 0.25) is 10.0 Å². The van der Waals surface area contributed by atoms with Gasteiger partial charge in [-0.05, 0) is 67.5 Å². The van der Waals surface area contributed by atoms with Gasteiger partial charge in [-0.3, -0.25) is 9.59 Å². The van der Waals surface area contributed by atoms with Gasteiger partial charge in [0.2, 0.25) is 12.3 Å². The molecule has 1 heterocycles. The summed E-state index contributed by atoms with van der Waals surface area (Å²) < 4.78 is 0. The fourth-order valence-corrected chi connectivity index (χ4v) is 5.50. The predicted molar refractivity (Wildman–Crippen MR) is 158 cm³/mol. The monoisotopic (exact) mass is 563 g/mol. The zero-order chi connectivity index (χ0) is 28.5. The van der Waals surface area contributed by atoms with E-state index in [-0.39, 0.29) is 35.2 Å². The van der Waals surface area contributed by atoms with Crippen LogP contribution in [-0.2, 0) is 9.59 Å². The smallest absolute Gasteiger partial charge is 0.229 e. The topological polar surface area (TPSA) is 90.5 Å². The zero-order valence-corrected chi connectivity index (χ0v) is 24.9. The van der Waals surface area contributed by atoms with Crippen molar-refractivity contribution >= 4 is 41.2 Å². The summed E-state index contributed by atoms with van der Waals surface area (Å²) in [7, 11) is 0. The summed E-state index contributed by atoms with van der Waals surface area (Å²) in [5.74, 6) is -0.0848. The van der Waals surface area contributed by atoms with E-state index in [1.54, 1.807) is 19.1 Å². The lowest BCUT2D eigenvalue weighted by Gasteiger charge is -2.40. The SMILES string of the molecule is CC.CC(C)(C)CC1NCC(c2cccc(Cl)c2)C1C(=O)Nc1cccc(Cl)c1.CC1(O)CC(NC=O)C1. The van der Waals surface area contributed by atoms with E-state index in [4.69, 9.17) is 28.3 Å². The minimum Gasteiger partial charge on any atom is -0.390 e. The second kappa shape index (κ2) is 14.3. The molecule has 0 radical (unpaired) electrons. The van der Waals surface area contributed by atoms with Gasteiger partial charge >= 0.3 is 0 Å². The Bertz CT molecular complexity index is 1050. The van der Waals surface area contributed by atoms with Crippen LogP contribution < -0.4 is 16.0 Å². The number of aliphatic hydroxyl groups is 1. The Balaban J connectivity index is 0.000000387. The van der Waals surface area contributed by atoms with Crippen molar-refractivity contribution in [2.24, 2.45) is 11.3 Å². The van der Waals surface area contributed by atoms with Gasteiger partial charge in [0.1, 0.15) is 0 Å². The minimum absolute atomic E-state index is 0.0153. The van der Waals surface area contributed by atoms with Gasteiger partial charge in [-0.25, -0.2) is 0 Å². The van der Waals surface area contributed by atoms with E-state index in [0.717, 1.165) is 24.2 Å². The number of amides is 2. The first-order valence-corrected chi connectivity index (χ1v) is 14.1. The Morgan fingerprint density at radius 1 is 1.11 bits per heavy atom. The van der Waals surface area contributed by atoms with Crippen LogP contribution in [0.5, 0.6) is 0 Å². The van der Waals surface area contributed by atoms with E-state index in [1.165, 1.54) is 0 Å². The highest BCUT2D eigenvalue weighted by Gasteiger charge is 2.43. The highest BCUT2D eigenvalue weighted by molar-refractivity contribution is 6.31. The number of rotatable bonds is 6. The molecule has 6 nitrogen and oxygen atoms in total. The average molecular weight is 565 g/mol. The lowest BCUT2D eigenvalue weighted by molar-refractivity contribution is -0.120. The van der Waals surface area contributed by atoms with Crippen LogP contribution in [0.25, 0.3) is 0 Å². The third-order valence-corrected chi connectivity index (χ3v) is 7.12. The third-order valence-electron chi connectivity index (χ3n) is 6.65. The van der Waals surface area contributed by atoms with Gasteiger partial charge in [0.25, 0.3) is 0 Å². The molecule has 210 valence electrons. The number of anilines is 1. The van der Waals surface area contributed by atoms with E-state index in [9.17, 15) is 9.59 Å². The van der Waals surface area contributed by atoms with Gasteiger partial charge in [0.15, 0.2) is 0 Å². The second-order valence-electron chi connectivity index (χ2n) is 11.4. The molecule has 0 bridgehead atoms. The zero-order valence-electron chi connectivity index (χ0n) is 23.4. The summed E-state index contributed by atoms with van der Waals surface area (Å²) in [6, 6.07) is 15.4. The summed E-state index contributed by atoms with van der Waals surface area (Å²) in [5.41, 5.74) is 1.41. The van der Waals surface area contributed by atoms with Gasteiger partial charge in [-0.15, -0.1) is 0 Å². The maximum atomic E-state index is 13.3. The number of carbonyl (C=O) groups is 2. The average Bonchev–Trinajstić information content (AvgIpc) is 3.22. The van der Waals surface area contributed by atoms with Crippen molar-refractivity contribution in [1.82, 2.24) is 10.6 Å². The van der Waals surface area contributed by atoms with Crippen LogP contribution in [0.4, 0.5) is 5.69 Å². The second-order valence-corrected chi connectivity index (χ2v) is 12.2. The Labute approximate surface area is 237 Å². The lowest BCUT2D eigenvalue weighted by Crippen LogP contribution is -2.51. The highest BCUT2D eigenvalue weighted by atomic mass is 35.5. The minimum atomic E-state index is -0.527. The molecule has 2 aromatic carbocycles. The van der Waals surface area contributed by atoms with Crippen LogP contribution >= 0.6 is 23.2 Å². The molecule has 1 aliphatic heterocycles. The van der Waals surface area contributed by atoms with Crippen LogP contribution in [0.3, 0.4) is 0 Å². The van der Waals surface area contributed by atoms with Gasteiger partial charge in [-0.2, -0.15) is 0 Å². The van der Waals surface area contributed by atoms with Crippen molar-refractivity contribution in [2.45, 2.75) is 84.4 Å². The van der Waals surface area contributed by atoms with E-state index in [0.29, 0.717) is 29.3 Å². The number of nitrogens with one attached hydrogen (secondary N) is 3. The molecule has 8 heteroatoms. The van der Waals surface area contributed by atoms with E-state index >= 15 is 0 Å². The molecule has 2 aliphatic rings. The molecule has 0 spiro atoms. The van der Waals surface area contributed by atoms with Crippen molar-refractivity contribution in [3.63, 3.8) is 0 Å². The van der Waals surface area contributed by atoms with Crippen LogP contribution in [-0.4, -0.2) is 41.7 Å². The molecule has 0 aromatic heterocycles. The molecular formula is C30H43Cl2N3O3. The standard InChI is InChI=1S/C22H26Cl2N2O.C6H11NO2.C2H6/c1-22(2,3)12-19-20(21(27)26-17-9-5-8-16(24)11-17)18(13-25-19)14-6-4-7-15(23)10-14;1-6(9)2-5(3-6)7-4-8;1-2/h4-11,18-20,25H,12-13H2,1-3H3,(H,26,27);4-5,9H,2-3H2,1H3,(H,7,8);1-2H3. The molecule has 4 rings (SSSR count). The lowest BCUT2D eigenvalue weighted by atomic mass is 9.77. The van der Waals surface area contributed by atoms with E-state index in [2.05, 4.69) is 42.8 Å². The Morgan fingerprint density at radius 3 is 2.24 bits per heavy atom. The first-order chi connectivity index (χ1) is 17.9. The third kappa shape index (κ3) is 9.88. The first-order valence-electron chi connectivity index (χ1n) is 13.3. The fraction of sp³-hybridized carbons (Fsp3) is 0.533. The van der Waals surface area contributed by atoms with Crippen molar-refractivity contribution in [3.8, 4) is 0 Å². The molecule has 2 aromatic rings. The molecular weight excluding hydrogens is 521 g/mol. The number of carbonyl (C=O) groups excluding carboxylic acids is 2. The quantitative estimate of drug-likeness (QED) is 0.305. The Morgan fingerprint density at radius 2 is 1.71 bits per heavy atom. The normalized spacial score (nSPS) is 26.0.